The molecule has 1 aliphatic rings. The molecule has 0 radical (unpaired) electrons. The van der Waals surface area contributed by atoms with Gasteiger partial charge in [0.05, 0.1) is 6.54 Å². The van der Waals surface area contributed by atoms with Crippen LogP contribution in [0.25, 0.3) is 0 Å². The predicted molar refractivity (Wildman–Crippen MR) is 81.7 cm³/mol. The lowest BCUT2D eigenvalue weighted by Gasteiger charge is -2.22. The Morgan fingerprint density at radius 2 is 1.60 bits per heavy atom. The number of furan rings is 1. The van der Waals surface area contributed by atoms with E-state index in [9.17, 15) is 0 Å². The van der Waals surface area contributed by atoms with Crippen LogP contribution in [0.4, 0.5) is 0 Å². The Morgan fingerprint density at radius 3 is 2.25 bits per heavy atom. The van der Waals surface area contributed by atoms with Crippen molar-refractivity contribution >= 4 is 0 Å². The molecule has 2 nitrogen and oxygen atoms in total. The first-order valence-electron chi connectivity index (χ1n) is 7.71. The summed E-state index contributed by atoms with van der Waals surface area (Å²) in [5.74, 6) is 2.64. The average molecular weight is 269 g/mol. The average Bonchev–Trinajstić information content (AvgIpc) is 2.97. The van der Waals surface area contributed by atoms with Gasteiger partial charge >= 0.3 is 0 Å². The zero-order chi connectivity index (χ0) is 13.8. The van der Waals surface area contributed by atoms with Gasteiger partial charge in [-0.15, -0.1) is 0 Å². The van der Waals surface area contributed by atoms with Crippen molar-refractivity contribution in [1.82, 2.24) is 0 Å². The molecule has 0 saturated heterocycles. The van der Waals surface area contributed by atoms with Crippen LogP contribution in [0.1, 0.15) is 60.7 Å². The number of nitrogens with two attached hydrogens (primary N) is 1. The molecule has 1 fully saturated rings. The van der Waals surface area contributed by atoms with Gasteiger partial charge in [0.15, 0.2) is 0 Å². The second kappa shape index (κ2) is 6.27. The minimum Gasteiger partial charge on any atom is -0.464 e. The molecule has 0 atom stereocenters. The Morgan fingerprint density at radius 1 is 0.900 bits per heavy atom. The largest absolute Gasteiger partial charge is 0.464 e. The second-order valence-corrected chi connectivity index (χ2v) is 5.83. The third kappa shape index (κ3) is 3.13. The van der Waals surface area contributed by atoms with Gasteiger partial charge in [-0.2, -0.15) is 0 Å². The van der Waals surface area contributed by atoms with Crippen molar-refractivity contribution in [3.63, 3.8) is 0 Å². The zero-order valence-corrected chi connectivity index (χ0v) is 12.0. The van der Waals surface area contributed by atoms with Gasteiger partial charge in [0, 0.05) is 6.42 Å². The van der Waals surface area contributed by atoms with E-state index in [1.165, 1.54) is 43.2 Å². The van der Waals surface area contributed by atoms with Gasteiger partial charge in [-0.3, -0.25) is 0 Å². The lowest BCUT2D eigenvalue weighted by molar-refractivity contribution is 0.443. The highest BCUT2D eigenvalue weighted by atomic mass is 16.3. The molecule has 1 aromatic heterocycles. The topological polar surface area (TPSA) is 39.2 Å². The van der Waals surface area contributed by atoms with Crippen molar-refractivity contribution in [2.24, 2.45) is 5.73 Å². The van der Waals surface area contributed by atoms with E-state index in [2.05, 4.69) is 24.3 Å². The van der Waals surface area contributed by atoms with Gasteiger partial charge in [0.25, 0.3) is 0 Å². The summed E-state index contributed by atoms with van der Waals surface area (Å²) in [6.45, 7) is 0.473. The van der Waals surface area contributed by atoms with E-state index >= 15 is 0 Å². The minimum atomic E-state index is 0.473. The third-order valence-electron chi connectivity index (χ3n) is 4.35. The Labute approximate surface area is 121 Å². The molecule has 0 bridgehead atoms. The first-order chi connectivity index (χ1) is 9.85. The summed E-state index contributed by atoms with van der Waals surface area (Å²) in [5.41, 5.74) is 8.38. The molecule has 2 heteroatoms. The number of benzene rings is 1. The molecule has 1 aliphatic carbocycles. The van der Waals surface area contributed by atoms with Crippen LogP contribution < -0.4 is 5.73 Å². The molecule has 2 aromatic rings. The number of hydrogen-bond acceptors (Lipinski definition) is 2. The Hall–Kier alpha value is -1.54. The highest BCUT2D eigenvalue weighted by Gasteiger charge is 2.15. The first kappa shape index (κ1) is 13.4. The number of rotatable bonds is 4. The van der Waals surface area contributed by atoms with E-state index in [1.54, 1.807) is 0 Å². The fourth-order valence-electron chi connectivity index (χ4n) is 3.17. The smallest absolute Gasteiger partial charge is 0.117 e. The minimum absolute atomic E-state index is 0.473. The molecule has 0 unspecified atom stereocenters. The monoisotopic (exact) mass is 269 g/mol. The standard InChI is InChI=1S/C18H23NO/c19-13-18-11-10-17(20-18)12-14-6-8-16(9-7-14)15-4-2-1-3-5-15/h6-11,15H,1-5,12-13,19H2. The SMILES string of the molecule is NCc1ccc(Cc2ccc(C3CCCCC3)cc2)o1. The van der Waals surface area contributed by atoms with Crippen LogP contribution in [0.3, 0.4) is 0 Å². The van der Waals surface area contributed by atoms with E-state index in [0.717, 1.165) is 23.9 Å². The summed E-state index contributed by atoms with van der Waals surface area (Å²) in [5, 5.41) is 0. The second-order valence-electron chi connectivity index (χ2n) is 5.83. The summed E-state index contributed by atoms with van der Waals surface area (Å²) in [6.07, 6.45) is 7.76. The molecule has 1 aromatic carbocycles. The molecule has 2 N–H and O–H groups in total. The van der Waals surface area contributed by atoms with Crippen LogP contribution in [-0.2, 0) is 13.0 Å². The molecule has 3 rings (SSSR count). The quantitative estimate of drug-likeness (QED) is 0.894. The van der Waals surface area contributed by atoms with E-state index in [-0.39, 0.29) is 0 Å². The molecular weight excluding hydrogens is 246 g/mol. The molecule has 1 saturated carbocycles. The van der Waals surface area contributed by atoms with E-state index in [1.807, 2.05) is 12.1 Å². The van der Waals surface area contributed by atoms with E-state index in [4.69, 9.17) is 10.2 Å². The van der Waals surface area contributed by atoms with Crippen LogP contribution in [0.15, 0.2) is 40.8 Å². The van der Waals surface area contributed by atoms with Gasteiger partial charge in [-0.1, -0.05) is 43.5 Å². The summed E-state index contributed by atoms with van der Waals surface area (Å²) in [6, 6.07) is 13.1. The molecular formula is C18H23NO. The van der Waals surface area contributed by atoms with Crippen molar-refractivity contribution in [2.75, 3.05) is 0 Å². The Kier molecular flexibility index (Phi) is 4.22. The molecule has 1 heterocycles. The summed E-state index contributed by atoms with van der Waals surface area (Å²) < 4.78 is 5.66. The zero-order valence-electron chi connectivity index (χ0n) is 12.0. The van der Waals surface area contributed by atoms with Crippen LogP contribution in [0.5, 0.6) is 0 Å². The van der Waals surface area contributed by atoms with Crippen LogP contribution in [0, 0.1) is 0 Å². The third-order valence-corrected chi connectivity index (χ3v) is 4.35. The maximum Gasteiger partial charge on any atom is 0.117 e. The van der Waals surface area contributed by atoms with Crippen molar-refractivity contribution in [3.05, 3.63) is 59.0 Å². The Balaban J connectivity index is 1.66. The van der Waals surface area contributed by atoms with E-state index < -0.39 is 0 Å². The maximum atomic E-state index is 5.66. The van der Waals surface area contributed by atoms with Crippen LogP contribution in [0.2, 0.25) is 0 Å². The van der Waals surface area contributed by atoms with Gasteiger partial charge < -0.3 is 10.2 Å². The van der Waals surface area contributed by atoms with Crippen molar-refractivity contribution in [2.45, 2.75) is 51.0 Å². The fraction of sp³-hybridized carbons (Fsp3) is 0.444. The highest BCUT2D eigenvalue weighted by Crippen LogP contribution is 2.32. The fourth-order valence-corrected chi connectivity index (χ4v) is 3.17. The molecule has 106 valence electrons. The maximum absolute atomic E-state index is 5.66. The molecule has 0 amide bonds. The molecule has 0 aliphatic heterocycles. The summed E-state index contributed by atoms with van der Waals surface area (Å²) in [4.78, 5) is 0. The van der Waals surface area contributed by atoms with Crippen molar-refractivity contribution < 1.29 is 4.42 Å². The summed E-state index contributed by atoms with van der Waals surface area (Å²) in [7, 11) is 0. The van der Waals surface area contributed by atoms with E-state index in [0.29, 0.717) is 6.54 Å². The Bertz CT molecular complexity index is 535. The molecule has 0 spiro atoms. The van der Waals surface area contributed by atoms with Gasteiger partial charge in [-0.25, -0.2) is 0 Å². The predicted octanol–water partition coefficient (Wildman–Crippen LogP) is 4.38. The summed E-state index contributed by atoms with van der Waals surface area (Å²) >= 11 is 0. The lowest BCUT2D eigenvalue weighted by Crippen LogP contribution is -2.04. The van der Waals surface area contributed by atoms with Gasteiger partial charge in [-0.05, 0) is 42.0 Å². The van der Waals surface area contributed by atoms with Crippen LogP contribution in [-0.4, -0.2) is 0 Å². The highest BCUT2D eigenvalue weighted by molar-refractivity contribution is 5.28. The van der Waals surface area contributed by atoms with Crippen molar-refractivity contribution in [1.29, 1.82) is 0 Å². The van der Waals surface area contributed by atoms with Gasteiger partial charge in [0.1, 0.15) is 11.5 Å². The normalized spacial score (nSPS) is 16.4. The van der Waals surface area contributed by atoms with Gasteiger partial charge in [0.2, 0.25) is 0 Å². The molecule has 20 heavy (non-hydrogen) atoms. The lowest BCUT2D eigenvalue weighted by atomic mass is 9.84. The van der Waals surface area contributed by atoms with Crippen molar-refractivity contribution in [3.8, 4) is 0 Å². The number of hydrogen-bond donors (Lipinski definition) is 1. The first-order valence-corrected chi connectivity index (χ1v) is 7.71. The van der Waals surface area contributed by atoms with Crippen LogP contribution >= 0.6 is 0 Å².